The molecule has 2 aromatic rings. The van der Waals surface area contributed by atoms with Crippen molar-refractivity contribution in [3.63, 3.8) is 0 Å². The molecule has 3 atom stereocenters. The van der Waals surface area contributed by atoms with Crippen LogP contribution in [0.1, 0.15) is 37.5 Å². The molecule has 0 bridgehead atoms. The fourth-order valence-corrected chi connectivity index (χ4v) is 6.44. The minimum absolute atomic E-state index is 0.0520. The van der Waals surface area contributed by atoms with Gasteiger partial charge >= 0.3 is 0 Å². The van der Waals surface area contributed by atoms with Crippen molar-refractivity contribution < 1.29 is 9.47 Å². The number of aromatic nitrogens is 2. The van der Waals surface area contributed by atoms with E-state index in [2.05, 4.69) is 38.6 Å². The predicted octanol–water partition coefficient (Wildman–Crippen LogP) is 2.60. The van der Waals surface area contributed by atoms with Gasteiger partial charge in [-0.3, -0.25) is 9.80 Å². The predicted molar refractivity (Wildman–Crippen MR) is 107 cm³/mol. The van der Waals surface area contributed by atoms with Crippen LogP contribution in [0.15, 0.2) is 24.3 Å². The lowest BCUT2D eigenvalue weighted by Crippen LogP contribution is -2.59. The molecule has 150 valence electrons. The summed E-state index contributed by atoms with van der Waals surface area (Å²) in [5.74, 6) is 1.89. The molecule has 0 unspecified atom stereocenters. The van der Waals surface area contributed by atoms with Gasteiger partial charge in [-0.1, -0.05) is 18.6 Å². The topological polar surface area (TPSA) is 42.8 Å². The first-order valence-electron chi connectivity index (χ1n) is 11.0. The molecule has 6 rings (SSSR count). The highest BCUT2D eigenvalue weighted by atomic mass is 16.5. The van der Waals surface area contributed by atoms with Crippen molar-refractivity contribution in [1.29, 1.82) is 0 Å². The number of morpholine rings is 2. The Morgan fingerprint density at radius 3 is 2.50 bits per heavy atom. The van der Waals surface area contributed by atoms with Crippen LogP contribution in [-0.2, 0) is 15.1 Å². The fraction of sp³-hybridized carbons (Fsp3) is 0.682. The number of hydrogen-bond donors (Lipinski definition) is 0. The second-order valence-corrected chi connectivity index (χ2v) is 8.72. The SMILES string of the molecule is c1ccc2c(c1)nc1n2[C@]2(N3CCOCC3)CCCC[C@@H]2[C@@H]1N1CCOCC1. The number of para-hydroxylation sites is 2. The average Bonchev–Trinajstić information content (AvgIpc) is 3.28. The number of nitrogens with zero attached hydrogens (tertiary/aromatic N) is 4. The summed E-state index contributed by atoms with van der Waals surface area (Å²) in [6.07, 6.45) is 5.15. The van der Waals surface area contributed by atoms with E-state index in [9.17, 15) is 0 Å². The largest absolute Gasteiger partial charge is 0.379 e. The lowest BCUT2D eigenvalue weighted by molar-refractivity contribution is -0.112. The molecule has 1 aromatic heterocycles. The molecule has 0 radical (unpaired) electrons. The zero-order valence-electron chi connectivity index (χ0n) is 16.6. The first-order valence-corrected chi connectivity index (χ1v) is 11.0. The minimum atomic E-state index is 0.0520. The molecule has 3 fully saturated rings. The number of hydrogen-bond acceptors (Lipinski definition) is 5. The molecule has 0 N–H and O–H groups in total. The summed E-state index contributed by atoms with van der Waals surface area (Å²) in [6, 6.07) is 9.15. The third-order valence-corrected chi connectivity index (χ3v) is 7.52. The second kappa shape index (κ2) is 6.80. The van der Waals surface area contributed by atoms with E-state index in [4.69, 9.17) is 14.5 Å². The number of benzene rings is 1. The standard InChI is InChI=1S/C22H30N4O2/c1-2-7-19-18(6-1)23-21-20(24-9-13-27-14-10-24)17-5-3-4-8-22(17,26(19)21)25-11-15-28-16-12-25/h1-2,6-7,17,20H,3-5,8-16H2/t17-,20+,22-/m1/s1. The third kappa shape index (κ3) is 2.38. The molecule has 0 amide bonds. The van der Waals surface area contributed by atoms with Crippen molar-refractivity contribution in [2.75, 3.05) is 52.6 Å². The van der Waals surface area contributed by atoms with Crippen molar-refractivity contribution >= 4 is 11.0 Å². The van der Waals surface area contributed by atoms with Gasteiger partial charge in [0.25, 0.3) is 0 Å². The van der Waals surface area contributed by atoms with Crippen LogP contribution in [0.25, 0.3) is 11.0 Å². The molecule has 4 aliphatic rings. The highest BCUT2D eigenvalue weighted by molar-refractivity contribution is 5.77. The molecule has 1 aliphatic carbocycles. The highest BCUT2D eigenvalue weighted by Crippen LogP contribution is 2.57. The van der Waals surface area contributed by atoms with E-state index in [1.165, 1.54) is 37.0 Å². The molecule has 4 heterocycles. The number of ether oxygens (including phenoxy) is 2. The van der Waals surface area contributed by atoms with Crippen LogP contribution in [0.3, 0.4) is 0 Å². The van der Waals surface area contributed by atoms with Gasteiger partial charge in [-0.05, 0) is 31.4 Å². The quantitative estimate of drug-likeness (QED) is 0.799. The van der Waals surface area contributed by atoms with E-state index in [0.717, 1.165) is 58.1 Å². The van der Waals surface area contributed by atoms with Gasteiger partial charge in [-0.15, -0.1) is 0 Å². The summed E-state index contributed by atoms with van der Waals surface area (Å²) in [5.41, 5.74) is 2.51. The Morgan fingerprint density at radius 1 is 0.929 bits per heavy atom. The van der Waals surface area contributed by atoms with Crippen LogP contribution in [0.4, 0.5) is 0 Å². The van der Waals surface area contributed by atoms with Gasteiger partial charge in [0, 0.05) is 32.1 Å². The van der Waals surface area contributed by atoms with E-state index in [0.29, 0.717) is 12.0 Å². The molecule has 1 saturated carbocycles. The van der Waals surface area contributed by atoms with Gasteiger partial charge in [0.15, 0.2) is 0 Å². The van der Waals surface area contributed by atoms with Crippen LogP contribution in [0, 0.1) is 5.92 Å². The van der Waals surface area contributed by atoms with Crippen molar-refractivity contribution in [3.8, 4) is 0 Å². The maximum atomic E-state index is 5.74. The number of fused-ring (bicyclic) bond motifs is 5. The molecule has 6 nitrogen and oxygen atoms in total. The maximum absolute atomic E-state index is 5.74. The van der Waals surface area contributed by atoms with Crippen LogP contribution < -0.4 is 0 Å². The Kier molecular flexibility index (Phi) is 4.22. The van der Waals surface area contributed by atoms with Gasteiger partial charge in [0.2, 0.25) is 0 Å². The zero-order chi connectivity index (χ0) is 18.6. The highest BCUT2D eigenvalue weighted by Gasteiger charge is 2.59. The first-order chi connectivity index (χ1) is 13.9. The van der Waals surface area contributed by atoms with Gasteiger partial charge < -0.3 is 14.0 Å². The van der Waals surface area contributed by atoms with Gasteiger partial charge in [0.1, 0.15) is 11.5 Å². The van der Waals surface area contributed by atoms with Crippen LogP contribution in [0.2, 0.25) is 0 Å². The van der Waals surface area contributed by atoms with Gasteiger partial charge in [-0.25, -0.2) is 4.98 Å². The summed E-state index contributed by atoms with van der Waals surface area (Å²) >= 11 is 0. The third-order valence-electron chi connectivity index (χ3n) is 7.52. The average molecular weight is 383 g/mol. The Labute approximate surface area is 166 Å². The zero-order valence-corrected chi connectivity index (χ0v) is 16.6. The maximum Gasteiger partial charge on any atom is 0.129 e. The van der Waals surface area contributed by atoms with E-state index >= 15 is 0 Å². The van der Waals surface area contributed by atoms with Crippen LogP contribution in [-0.4, -0.2) is 72.0 Å². The van der Waals surface area contributed by atoms with Crippen molar-refractivity contribution in [2.45, 2.75) is 37.4 Å². The number of rotatable bonds is 2. The van der Waals surface area contributed by atoms with E-state index in [1.54, 1.807) is 0 Å². The molecular formula is C22H30N4O2. The molecular weight excluding hydrogens is 352 g/mol. The molecule has 1 aromatic carbocycles. The molecule has 28 heavy (non-hydrogen) atoms. The van der Waals surface area contributed by atoms with E-state index in [-0.39, 0.29) is 5.66 Å². The Hall–Kier alpha value is -1.47. The summed E-state index contributed by atoms with van der Waals surface area (Å²) in [7, 11) is 0. The lowest BCUT2D eigenvalue weighted by atomic mass is 9.75. The second-order valence-electron chi connectivity index (χ2n) is 8.72. The summed E-state index contributed by atoms with van der Waals surface area (Å²) < 4.78 is 14.1. The molecule has 6 heteroatoms. The van der Waals surface area contributed by atoms with Gasteiger partial charge in [-0.2, -0.15) is 0 Å². The van der Waals surface area contributed by atoms with Crippen molar-refractivity contribution in [3.05, 3.63) is 30.1 Å². The summed E-state index contributed by atoms with van der Waals surface area (Å²) in [5, 5.41) is 0. The van der Waals surface area contributed by atoms with E-state index in [1.807, 2.05) is 0 Å². The van der Waals surface area contributed by atoms with Gasteiger partial charge in [0.05, 0.1) is 43.5 Å². The molecule has 0 spiro atoms. The molecule has 2 saturated heterocycles. The first kappa shape index (κ1) is 17.4. The van der Waals surface area contributed by atoms with Crippen LogP contribution >= 0.6 is 0 Å². The summed E-state index contributed by atoms with van der Waals surface area (Å²) in [4.78, 5) is 10.7. The normalized spacial score (nSPS) is 34.4. The fourth-order valence-electron chi connectivity index (χ4n) is 6.44. The minimum Gasteiger partial charge on any atom is -0.379 e. The number of imidazole rings is 1. The summed E-state index contributed by atoms with van der Waals surface area (Å²) in [6.45, 7) is 7.46. The van der Waals surface area contributed by atoms with Crippen molar-refractivity contribution in [2.24, 2.45) is 5.92 Å². The van der Waals surface area contributed by atoms with Crippen molar-refractivity contribution in [1.82, 2.24) is 19.4 Å². The Balaban J connectivity index is 1.56. The monoisotopic (exact) mass is 382 g/mol. The lowest BCUT2D eigenvalue weighted by Gasteiger charge is -2.52. The Morgan fingerprint density at radius 2 is 1.68 bits per heavy atom. The van der Waals surface area contributed by atoms with E-state index < -0.39 is 0 Å². The smallest absolute Gasteiger partial charge is 0.129 e. The van der Waals surface area contributed by atoms with Crippen LogP contribution in [0.5, 0.6) is 0 Å². The molecule has 3 aliphatic heterocycles. The Bertz CT molecular complexity index is 855.